The van der Waals surface area contributed by atoms with Gasteiger partial charge in [0.25, 0.3) is 0 Å². The van der Waals surface area contributed by atoms with Crippen molar-refractivity contribution in [2.24, 2.45) is 0 Å². The highest BCUT2D eigenvalue weighted by Gasteiger charge is 2.13. The van der Waals surface area contributed by atoms with Gasteiger partial charge in [-0.05, 0) is 60.1 Å². The predicted octanol–water partition coefficient (Wildman–Crippen LogP) is 3.42. The molecule has 0 saturated carbocycles. The van der Waals surface area contributed by atoms with E-state index in [1.165, 1.54) is 24.9 Å². The number of anilines is 1. The molecule has 0 atom stereocenters. The van der Waals surface area contributed by atoms with Crippen molar-refractivity contribution in [1.82, 2.24) is 0 Å². The quantitative estimate of drug-likeness (QED) is 0.719. The summed E-state index contributed by atoms with van der Waals surface area (Å²) in [7, 11) is 0. The topological polar surface area (TPSA) is 3.24 Å². The number of piperidine rings is 1. The summed E-state index contributed by atoms with van der Waals surface area (Å²) in [6.07, 6.45) is 3.84. The van der Waals surface area contributed by atoms with Crippen molar-refractivity contribution < 1.29 is 4.39 Å². The van der Waals surface area contributed by atoms with Gasteiger partial charge in [0.05, 0.1) is 5.69 Å². The van der Waals surface area contributed by atoms with Gasteiger partial charge in [-0.1, -0.05) is 0 Å². The molecule has 0 unspecified atom stereocenters. The average Bonchev–Trinajstić information content (AvgIpc) is 2.19. The second-order valence-corrected chi connectivity index (χ2v) is 4.81. The zero-order chi connectivity index (χ0) is 9.97. The van der Waals surface area contributed by atoms with Crippen LogP contribution in [0.3, 0.4) is 0 Å². The zero-order valence-electron chi connectivity index (χ0n) is 7.97. The minimum Gasteiger partial charge on any atom is -0.371 e. The fourth-order valence-electron chi connectivity index (χ4n) is 1.87. The number of hydrogen-bond donors (Lipinski definition) is 0. The first-order valence-corrected chi connectivity index (χ1v) is 6.05. The summed E-state index contributed by atoms with van der Waals surface area (Å²) >= 11 is 2.21. The Kier molecular flexibility index (Phi) is 3.26. The van der Waals surface area contributed by atoms with Gasteiger partial charge in [-0.25, -0.2) is 4.39 Å². The molecule has 1 aliphatic rings. The number of hydrogen-bond acceptors (Lipinski definition) is 1. The lowest BCUT2D eigenvalue weighted by atomic mass is 10.1. The molecule has 0 amide bonds. The Morgan fingerprint density at radius 2 is 1.86 bits per heavy atom. The van der Waals surface area contributed by atoms with Gasteiger partial charge in [-0.2, -0.15) is 0 Å². The van der Waals surface area contributed by atoms with Crippen LogP contribution in [0.1, 0.15) is 19.3 Å². The van der Waals surface area contributed by atoms with Crippen LogP contribution < -0.4 is 4.90 Å². The Hall–Kier alpha value is -0.320. The van der Waals surface area contributed by atoms with E-state index < -0.39 is 0 Å². The number of halogens is 2. The van der Waals surface area contributed by atoms with Gasteiger partial charge < -0.3 is 4.90 Å². The van der Waals surface area contributed by atoms with Gasteiger partial charge in [0.2, 0.25) is 0 Å². The molecule has 1 aliphatic heterocycles. The molecule has 1 fully saturated rings. The van der Waals surface area contributed by atoms with Crippen LogP contribution in [0.15, 0.2) is 18.2 Å². The van der Waals surface area contributed by atoms with Crippen molar-refractivity contribution in [3.8, 4) is 0 Å². The van der Waals surface area contributed by atoms with E-state index in [0.29, 0.717) is 0 Å². The van der Waals surface area contributed by atoms with Crippen molar-refractivity contribution in [2.45, 2.75) is 19.3 Å². The molecule has 0 N–H and O–H groups in total. The van der Waals surface area contributed by atoms with E-state index in [9.17, 15) is 4.39 Å². The fourth-order valence-corrected chi connectivity index (χ4v) is 2.69. The minimum absolute atomic E-state index is 0.143. The van der Waals surface area contributed by atoms with E-state index in [0.717, 1.165) is 16.7 Å². The van der Waals surface area contributed by atoms with Crippen LogP contribution in [0.4, 0.5) is 10.1 Å². The van der Waals surface area contributed by atoms with E-state index in [2.05, 4.69) is 27.5 Å². The fraction of sp³-hybridized carbons (Fsp3) is 0.455. The highest BCUT2D eigenvalue weighted by Crippen LogP contribution is 2.25. The summed E-state index contributed by atoms with van der Waals surface area (Å²) in [4.78, 5) is 2.35. The minimum atomic E-state index is -0.143. The number of nitrogens with zero attached hydrogens (tertiary/aromatic N) is 1. The normalized spacial score (nSPS) is 17.1. The molecule has 0 radical (unpaired) electrons. The van der Waals surface area contributed by atoms with E-state index in [-0.39, 0.29) is 5.82 Å². The SMILES string of the molecule is Fc1ccc(N2CCCCC2)c(I)c1. The second kappa shape index (κ2) is 4.47. The summed E-state index contributed by atoms with van der Waals surface area (Å²) < 4.78 is 13.9. The van der Waals surface area contributed by atoms with E-state index in [1.807, 2.05) is 6.07 Å². The third kappa shape index (κ3) is 2.19. The molecular formula is C11H13FIN. The summed E-state index contributed by atoms with van der Waals surface area (Å²) in [5, 5.41) is 0. The average molecular weight is 305 g/mol. The van der Waals surface area contributed by atoms with Crippen LogP contribution in [0.2, 0.25) is 0 Å². The van der Waals surface area contributed by atoms with Gasteiger partial charge in [-0.3, -0.25) is 0 Å². The number of benzene rings is 1. The maximum absolute atomic E-state index is 12.9. The van der Waals surface area contributed by atoms with Crippen LogP contribution in [0.25, 0.3) is 0 Å². The van der Waals surface area contributed by atoms with Crippen molar-refractivity contribution in [3.63, 3.8) is 0 Å². The summed E-state index contributed by atoms with van der Waals surface area (Å²) in [6.45, 7) is 2.23. The maximum atomic E-state index is 12.9. The maximum Gasteiger partial charge on any atom is 0.124 e. The van der Waals surface area contributed by atoms with Crippen LogP contribution in [0, 0.1) is 9.39 Å². The van der Waals surface area contributed by atoms with Gasteiger partial charge in [0.1, 0.15) is 5.82 Å². The Labute approximate surface area is 97.4 Å². The Morgan fingerprint density at radius 3 is 2.50 bits per heavy atom. The van der Waals surface area contributed by atoms with Crippen molar-refractivity contribution in [1.29, 1.82) is 0 Å². The third-order valence-corrected chi connectivity index (χ3v) is 3.47. The van der Waals surface area contributed by atoms with Crippen molar-refractivity contribution >= 4 is 28.3 Å². The molecule has 1 saturated heterocycles. The second-order valence-electron chi connectivity index (χ2n) is 3.64. The monoisotopic (exact) mass is 305 g/mol. The molecule has 1 nitrogen and oxygen atoms in total. The predicted molar refractivity (Wildman–Crippen MR) is 65.2 cm³/mol. The standard InChI is InChI=1S/C11H13FIN/c12-9-4-5-11(10(13)8-9)14-6-2-1-3-7-14/h4-5,8H,1-3,6-7H2. The number of rotatable bonds is 1. The first-order valence-electron chi connectivity index (χ1n) is 4.97. The molecular weight excluding hydrogens is 292 g/mol. The van der Waals surface area contributed by atoms with E-state index in [4.69, 9.17) is 0 Å². The van der Waals surface area contributed by atoms with Gasteiger partial charge in [0.15, 0.2) is 0 Å². The van der Waals surface area contributed by atoms with E-state index in [1.54, 1.807) is 12.1 Å². The molecule has 2 rings (SSSR count). The zero-order valence-corrected chi connectivity index (χ0v) is 10.1. The van der Waals surface area contributed by atoms with Gasteiger partial charge in [-0.15, -0.1) is 0 Å². The van der Waals surface area contributed by atoms with Crippen LogP contribution in [-0.4, -0.2) is 13.1 Å². The highest BCUT2D eigenvalue weighted by atomic mass is 127. The lowest BCUT2D eigenvalue weighted by Crippen LogP contribution is -2.29. The summed E-state index contributed by atoms with van der Waals surface area (Å²) in [6, 6.07) is 5.04. The molecule has 1 aromatic carbocycles. The van der Waals surface area contributed by atoms with Gasteiger partial charge >= 0.3 is 0 Å². The largest absolute Gasteiger partial charge is 0.371 e. The Morgan fingerprint density at radius 1 is 1.14 bits per heavy atom. The van der Waals surface area contributed by atoms with Gasteiger partial charge in [0, 0.05) is 16.7 Å². The Bertz CT molecular complexity index is 321. The summed E-state index contributed by atoms with van der Waals surface area (Å²) in [5.41, 5.74) is 1.19. The lowest BCUT2D eigenvalue weighted by molar-refractivity contribution is 0.575. The van der Waals surface area contributed by atoms with Crippen molar-refractivity contribution in [3.05, 3.63) is 27.6 Å². The highest BCUT2D eigenvalue weighted by molar-refractivity contribution is 14.1. The van der Waals surface area contributed by atoms with Crippen molar-refractivity contribution in [2.75, 3.05) is 18.0 Å². The lowest BCUT2D eigenvalue weighted by Gasteiger charge is -2.29. The molecule has 14 heavy (non-hydrogen) atoms. The third-order valence-electron chi connectivity index (χ3n) is 2.61. The van der Waals surface area contributed by atoms with E-state index >= 15 is 0 Å². The summed E-state index contributed by atoms with van der Waals surface area (Å²) in [5.74, 6) is -0.143. The molecule has 1 heterocycles. The van der Waals surface area contributed by atoms with Crippen LogP contribution >= 0.6 is 22.6 Å². The molecule has 76 valence electrons. The molecule has 0 spiro atoms. The van der Waals surface area contributed by atoms with Crippen LogP contribution in [0.5, 0.6) is 0 Å². The Balaban J connectivity index is 2.22. The molecule has 1 aromatic rings. The molecule has 3 heteroatoms. The molecule has 0 aliphatic carbocycles. The first kappa shape index (κ1) is 10.2. The molecule has 0 aromatic heterocycles. The van der Waals surface area contributed by atoms with Crippen LogP contribution in [-0.2, 0) is 0 Å². The first-order chi connectivity index (χ1) is 6.77. The molecule has 0 bridgehead atoms. The smallest absolute Gasteiger partial charge is 0.124 e.